The van der Waals surface area contributed by atoms with Crippen LogP contribution in [-0.2, 0) is 42.9 Å². The molecule has 18 heteroatoms. The molecule has 1 aromatic carbocycles. The van der Waals surface area contributed by atoms with Gasteiger partial charge in [-0.15, -0.1) is 0 Å². The number of benzene rings is 1. The lowest BCUT2D eigenvalue weighted by atomic mass is 9.89. The minimum atomic E-state index is -0.981. The number of primary amides is 1. The van der Waals surface area contributed by atoms with Gasteiger partial charge < -0.3 is 56.1 Å². The number of ketones is 1. The summed E-state index contributed by atoms with van der Waals surface area (Å²) in [6, 6.07) is 5.03. The molecule has 0 aromatic heterocycles. The van der Waals surface area contributed by atoms with E-state index < -0.39 is 42.6 Å². The maximum atomic E-state index is 13.1. The normalized spacial score (nSPS) is 12.3. The number of Topliss-reactive ketones (excluding diaryl/α,β-unsaturated/α-hetero) is 1. The minimum absolute atomic E-state index is 0.00447. The molecule has 0 bridgehead atoms. The highest BCUT2D eigenvalue weighted by atomic mass is 127. The Labute approximate surface area is 319 Å². The number of rotatable bonds is 30. The Morgan fingerprint density at radius 3 is 1.98 bits per heavy atom. The van der Waals surface area contributed by atoms with Crippen LogP contribution in [0.3, 0.4) is 0 Å². The molecule has 0 aliphatic heterocycles. The third-order valence-electron chi connectivity index (χ3n) is 7.19. The zero-order chi connectivity index (χ0) is 39.4. The summed E-state index contributed by atoms with van der Waals surface area (Å²) in [6.45, 7) is 5.88. The van der Waals surface area contributed by atoms with Crippen molar-refractivity contribution in [1.82, 2.24) is 21.3 Å². The summed E-state index contributed by atoms with van der Waals surface area (Å²) in [5.74, 6) is -2.79. The number of halogens is 1. The summed E-state index contributed by atoms with van der Waals surface area (Å²) in [5, 5.41) is 12.9. The Kier molecular flexibility index (Phi) is 24.6. The average Bonchev–Trinajstić information content (AvgIpc) is 3.12. The number of hydrogen-bond donors (Lipinski definition) is 6. The van der Waals surface area contributed by atoms with Gasteiger partial charge in [0.2, 0.25) is 17.7 Å². The number of alkyl halides is 1. The first-order valence-corrected chi connectivity index (χ1v) is 18.5. The van der Waals surface area contributed by atoms with Crippen LogP contribution in [0, 0.1) is 11.8 Å². The topological polar surface area (TPSA) is 243 Å². The van der Waals surface area contributed by atoms with Gasteiger partial charge in [0.1, 0.15) is 7.63 Å². The van der Waals surface area contributed by atoms with Gasteiger partial charge in [0.05, 0.1) is 69.9 Å². The molecule has 1 aromatic rings. The summed E-state index contributed by atoms with van der Waals surface area (Å²) in [4.78, 5) is 83.9. The zero-order valence-electron chi connectivity index (χ0n) is 30.8. The fourth-order valence-corrected chi connectivity index (χ4v) is 4.74. The average molecular weight is 850 g/mol. The van der Waals surface area contributed by atoms with E-state index in [4.69, 9.17) is 26.1 Å². The molecule has 0 saturated carbocycles. The van der Waals surface area contributed by atoms with E-state index >= 15 is 0 Å². The smallest absolute Gasteiger partial charge is 0.312 e. The van der Waals surface area contributed by atoms with Crippen molar-refractivity contribution in [3.63, 3.8) is 0 Å². The highest BCUT2D eigenvalue weighted by Gasteiger charge is 2.29. The van der Waals surface area contributed by atoms with Crippen molar-refractivity contribution in [1.29, 1.82) is 0 Å². The van der Waals surface area contributed by atoms with Crippen molar-refractivity contribution in [3.05, 3.63) is 29.8 Å². The Hall–Kier alpha value is -3.72. The van der Waals surface area contributed by atoms with Gasteiger partial charge in [-0.05, 0) is 43.0 Å². The molecular formula is C34H53IN6O11. The molecule has 0 spiro atoms. The molecule has 0 radical (unpaired) electrons. The molecule has 2 atom stereocenters. The molecule has 0 aliphatic rings. The molecular weight excluding hydrogens is 795 g/mol. The van der Waals surface area contributed by atoms with E-state index in [1.807, 2.05) is 22.6 Å². The number of nitrogens with one attached hydrogen (secondary N) is 5. The predicted octanol–water partition coefficient (Wildman–Crippen LogP) is 0.726. The van der Waals surface area contributed by atoms with Crippen LogP contribution in [-0.4, -0.2) is 125 Å². The van der Waals surface area contributed by atoms with E-state index in [0.717, 1.165) is 0 Å². The van der Waals surface area contributed by atoms with E-state index in [-0.39, 0.29) is 69.1 Å². The first-order valence-electron chi connectivity index (χ1n) is 17.5. The third kappa shape index (κ3) is 22.3. The molecule has 0 saturated heterocycles. The van der Waals surface area contributed by atoms with E-state index in [0.29, 0.717) is 61.7 Å². The fourth-order valence-electron chi connectivity index (χ4n) is 4.55. The number of ether oxygens (including phenoxy) is 4. The summed E-state index contributed by atoms with van der Waals surface area (Å²) in [6.07, 6.45) is -0.627. The first-order chi connectivity index (χ1) is 25.3. The monoisotopic (exact) mass is 849 g/mol. The second kappa shape index (κ2) is 28.8. The predicted molar refractivity (Wildman–Crippen MR) is 200 cm³/mol. The van der Waals surface area contributed by atoms with Crippen LogP contribution >= 0.6 is 22.6 Å². The van der Waals surface area contributed by atoms with Gasteiger partial charge >= 0.3 is 6.03 Å². The Balaban J connectivity index is 2.18. The van der Waals surface area contributed by atoms with E-state index in [9.17, 15) is 33.6 Å². The Bertz CT molecular complexity index is 1310. The molecule has 0 unspecified atom stereocenters. The summed E-state index contributed by atoms with van der Waals surface area (Å²) >= 11 is 1.97. The summed E-state index contributed by atoms with van der Waals surface area (Å²) in [5.41, 5.74) is 6.16. The maximum Gasteiger partial charge on any atom is 0.312 e. The van der Waals surface area contributed by atoms with Crippen molar-refractivity contribution in [2.24, 2.45) is 17.6 Å². The number of amides is 6. The highest BCUT2D eigenvalue weighted by Crippen LogP contribution is 2.16. The second-order valence-corrected chi connectivity index (χ2v) is 12.4. The molecule has 0 heterocycles. The van der Waals surface area contributed by atoms with Gasteiger partial charge in [0.15, 0.2) is 5.78 Å². The number of nitrogens with two attached hydrogens (primary N) is 1. The van der Waals surface area contributed by atoms with Gasteiger partial charge in [0, 0.05) is 43.1 Å². The lowest BCUT2D eigenvalue weighted by molar-refractivity contribution is -0.133. The van der Waals surface area contributed by atoms with Crippen LogP contribution in [0.15, 0.2) is 24.3 Å². The zero-order valence-corrected chi connectivity index (χ0v) is 32.0. The standard InChI is InChI=1S/C34H53IN6O11/c1-24(2)31(28(43)22-26(33(47)37-11-13-42)4-3-10-39-34(36)48)41-29(44)9-14-49-16-18-51-20-21-52-19-17-50-15-12-38-32(46)25-5-7-27(8-6-25)40-30(45)23-35/h5-8,13,24,26,31H,3-4,9-12,14-23H2,1-2H3,(H,37,47)(H,38,46)(H,40,45)(H,41,44)(H3,36,39,48)/t26-,31+/m1/s1/i13D. The van der Waals surface area contributed by atoms with Crippen LogP contribution in [0.1, 0.15) is 51.3 Å². The van der Waals surface area contributed by atoms with Gasteiger partial charge in [-0.1, -0.05) is 36.4 Å². The molecule has 0 fully saturated rings. The van der Waals surface area contributed by atoms with Crippen LogP contribution in [0.4, 0.5) is 10.5 Å². The third-order valence-corrected chi connectivity index (χ3v) is 7.88. The first kappa shape index (κ1) is 44.4. The van der Waals surface area contributed by atoms with Crippen molar-refractivity contribution in [2.75, 3.05) is 82.2 Å². The van der Waals surface area contributed by atoms with Crippen molar-refractivity contribution < 1.29 is 53.9 Å². The number of urea groups is 1. The van der Waals surface area contributed by atoms with Gasteiger partial charge in [-0.25, -0.2) is 4.79 Å². The second-order valence-electron chi connectivity index (χ2n) is 11.7. The summed E-state index contributed by atoms with van der Waals surface area (Å²) in [7, 11) is 0. The van der Waals surface area contributed by atoms with Gasteiger partial charge in [-0.3, -0.25) is 24.0 Å². The lowest BCUT2D eigenvalue weighted by Crippen LogP contribution is -2.46. The number of hydrogen-bond acceptors (Lipinski definition) is 11. The van der Waals surface area contributed by atoms with Crippen molar-refractivity contribution in [3.8, 4) is 0 Å². The van der Waals surface area contributed by atoms with E-state index in [2.05, 4.69) is 26.6 Å². The number of anilines is 1. The van der Waals surface area contributed by atoms with Crippen LogP contribution in [0.5, 0.6) is 0 Å². The molecule has 7 N–H and O–H groups in total. The Morgan fingerprint density at radius 2 is 1.42 bits per heavy atom. The van der Waals surface area contributed by atoms with Crippen LogP contribution in [0.2, 0.25) is 0 Å². The Morgan fingerprint density at radius 1 is 0.827 bits per heavy atom. The molecule has 1 rings (SSSR count). The molecule has 52 heavy (non-hydrogen) atoms. The minimum Gasteiger partial charge on any atom is -0.379 e. The molecule has 0 aliphatic carbocycles. The van der Waals surface area contributed by atoms with Gasteiger partial charge in [0.25, 0.3) is 5.91 Å². The number of carbonyl (C=O) groups is 7. The number of carbonyl (C=O) groups excluding carboxylic acids is 7. The quantitative estimate of drug-likeness (QED) is 0.0273. The van der Waals surface area contributed by atoms with E-state index in [1.54, 1.807) is 38.1 Å². The van der Waals surface area contributed by atoms with Crippen LogP contribution in [0.25, 0.3) is 0 Å². The lowest BCUT2D eigenvalue weighted by Gasteiger charge is -2.24. The molecule has 6 amide bonds. The van der Waals surface area contributed by atoms with Crippen LogP contribution < -0.4 is 32.3 Å². The highest BCUT2D eigenvalue weighted by molar-refractivity contribution is 14.1. The number of aldehydes is 1. The largest absolute Gasteiger partial charge is 0.379 e. The van der Waals surface area contributed by atoms with Crippen molar-refractivity contribution in [2.45, 2.75) is 45.6 Å². The van der Waals surface area contributed by atoms with Gasteiger partial charge in [-0.2, -0.15) is 0 Å². The SMILES string of the molecule is [2H]C(=O)CNC(=O)[C@H](CCCNC(N)=O)CC(=O)[C@@H](NC(=O)CCOCCOCCOCCOCCNC(=O)c1ccc(NC(=O)CI)cc1)C(C)C. The van der Waals surface area contributed by atoms with E-state index in [1.165, 1.54) is 0 Å². The fraction of sp³-hybridized carbons (Fsp3) is 0.618. The summed E-state index contributed by atoms with van der Waals surface area (Å²) < 4.78 is 29.2. The van der Waals surface area contributed by atoms with Crippen molar-refractivity contribution >= 4 is 70.0 Å². The maximum absolute atomic E-state index is 13.1. The molecule has 292 valence electrons. The molecule has 17 nitrogen and oxygen atoms in total.